The van der Waals surface area contributed by atoms with Crippen LogP contribution in [-0.2, 0) is 26.2 Å². The minimum absolute atomic E-state index is 0.125. The van der Waals surface area contributed by atoms with E-state index in [-0.39, 0.29) is 29.0 Å². The maximum atomic E-state index is 12.5. The van der Waals surface area contributed by atoms with Crippen LogP contribution in [0.5, 0.6) is 0 Å². The lowest BCUT2D eigenvalue weighted by Gasteiger charge is -2.25. The smallest absolute Gasteiger partial charge is 0.268 e. The molecule has 2 saturated heterocycles. The molecular formula is C20H22N4O3. The Morgan fingerprint density at radius 3 is 2.70 bits per heavy atom. The lowest BCUT2D eigenvalue weighted by molar-refractivity contribution is -0.131. The molecule has 7 nitrogen and oxygen atoms in total. The van der Waals surface area contributed by atoms with E-state index in [1.54, 1.807) is 12.4 Å². The molecule has 0 bridgehead atoms. The van der Waals surface area contributed by atoms with Gasteiger partial charge in [0, 0.05) is 11.8 Å². The van der Waals surface area contributed by atoms with E-state index in [4.69, 9.17) is 4.74 Å². The number of amides is 2. The fourth-order valence-corrected chi connectivity index (χ4v) is 3.37. The normalized spacial score (nSPS) is 23.9. The number of carbonyl (C=O) groups is 2. The van der Waals surface area contributed by atoms with Crippen molar-refractivity contribution >= 4 is 17.9 Å². The van der Waals surface area contributed by atoms with Crippen LogP contribution < -0.4 is 10.6 Å². The number of epoxide rings is 1. The summed E-state index contributed by atoms with van der Waals surface area (Å²) in [6, 6.07) is 9.01. The topological polar surface area (TPSA) is 99.4 Å². The molecule has 140 valence electrons. The highest BCUT2D eigenvalue weighted by Crippen LogP contribution is 2.36. The Morgan fingerprint density at radius 2 is 2.00 bits per heavy atom. The van der Waals surface area contributed by atoms with Gasteiger partial charge in [-0.25, -0.2) is 4.98 Å². The zero-order valence-electron chi connectivity index (χ0n) is 15.3. The number of nitrogens with zero attached hydrogens (tertiary/aromatic N) is 1. The Labute approximate surface area is 157 Å². The van der Waals surface area contributed by atoms with Crippen LogP contribution in [0.4, 0.5) is 0 Å². The van der Waals surface area contributed by atoms with Crippen molar-refractivity contribution in [2.24, 2.45) is 0 Å². The highest BCUT2D eigenvalue weighted by Gasteiger charge is 2.43. The molecule has 2 aliphatic heterocycles. The van der Waals surface area contributed by atoms with E-state index in [0.717, 1.165) is 11.3 Å². The standard InChI is InChI=1S/C20H22N4O3/c1-20(2,16-10-27-16)17-13(21-11-22-17)9-15-19(26)23-14(18(25)24-15)8-12-6-4-3-5-7-12/h3-7,9,11,14,16H,8,10H2,1-2H3,(H,21,22)(H,23,26)(H,24,25)/b15-9-/t14-,16?/m0/s1. The van der Waals surface area contributed by atoms with Crippen molar-refractivity contribution in [3.8, 4) is 0 Å². The SMILES string of the molecule is CC(C)(c1[nH]cnc1/C=C1\NC(=O)[C@H](Cc2ccccc2)NC1=O)C1CO1. The molecule has 0 saturated carbocycles. The lowest BCUT2D eigenvalue weighted by Crippen LogP contribution is -2.55. The van der Waals surface area contributed by atoms with Gasteiger partial charge in [-0.05, 0) is 11.6 Å². The van der Waals surface area contributed by atoms with Crippen LogP contribution in [0, 0.1) is 0 Å². The highest BCUT2D eigenvalue weighted by atomic mass is 16.6. The van der Waals surface area contributed by atoms with Gasteiger partial charge in [0.15, 0.2) is 0 Å². The van der Waals surface area contributed by atoms with Crippen molar-refractivity contribution < 1.29 is 14.3 Å². The predicted molar refractivity (Wildman–Crippen MR) is 99.6 cm³/mol. The van der Waals surface area contributed by atoms with Gasteiger partial charge in [-0.2, -0.15) is 0 Å². The number of rotatable bonds is 5. The number of hydrogen-bond donors (Lipinski definition) is 3. The molecule has 2 fully saturated rings. The Bertz CT molecular complexity index is 897. The summed E-state index contributed by atoms with van der Waals surface area (Å²) in [4.78, 5) is 32.4. The maximum absolute atomic E-state index is 12.5. The number of nitrogens with one attached hydrogen (secondary N) is 3. The quantitative estimate of drug-likeness (QED) is 0.548. The van der Waals surface area contributed by atoms with Crippen molar-refractivity contribution in [2.45, 2.75) is 37.8 Å². The van der Waals surface area contributed by atoms with Crippen LogP contribution in [0.3, 0.4) is 0 Å². The summed E-state index contributed by atoms with van der Waals surface area (Å²) >= 11 is 0. The van der Waals surface area contributed by atoms with Gasteiger partial charge >= 0.3 is 0 Å². The van der Waals surface area contributed by atoms with Crippen molar-refractivity contribution in [3.05, 3.63) is 59.3 Å². The molecule has 0 radical (unpaired) electrons. The lowest BCUT2D eigenvalue weighted by atomic mass is 9.84. The van der Waals surface area contributed by atoms with E-state index < -0.39 is 6.04 Å². The van der Waals surface area contributed by atoms with E-state index in [1.807, 2.05) is 30.3 Å². The summed E-state index contributed by atoms with van der Waals surface area (Å²) in [5.41, 5.74) is 2.44. The zero-order chi connectivity index (χ0) is 19.0. The predicted octanol–water partition coefficient (Wildman–Crippen LogP) is 1.28. The summed E-state index contributed by atoms with van der Waals surface area (Å²) < 4.78 is 5.43. The second kappa shape index (κ2) is 6.66. The summed E-state index contributed by atoms with van der Waals surface area (Å²) in [6.07, 6.45) is 3.78. The number of ether oxygens (including phenoxy) is 1. The Kier molecular flexibility index (Phi) is 4.31. The molecule has 3 heterocycles. The molecule has 1 unspecified atom stereocenters. The van der Waals surface area contributed by atoms with E-state index in [2.05, 4.69) is 34.4 Å². The Balaban J connectivity index is 1.52. The van der Waals surface area contributed by atoms with E-state index >= 15 is 0 Å². The first-order chi connectivity index (χ1) is 12.9. The summed E-state index contributed by atoms with van der Waals surface area (Å²) in [7, 11) is 0. The second-order valence-electron chi connectivity index (χ2n) is 7.47. The van der Waals surface area contributed by atoms with E-state index in [9.17, 15) is 9.59 Å². The third-order valence-electron chi connectivity index (χ3n) is 5.14. The Morgan fingerprint density at radius 1 is 1.26 bits per heavy atom. The number of aromatic nitrogens is 2. The summed E-state index contributed by atoms with van der Waals surface area (Å²) in [5, 5.41) is 5.51. The van der Waals surface area contributed by atoms with Gasteiger partial charge in [0.25, 0.3) is 5.91 Å². The molecule has 4 rings (SSSR count). The van der Waals surface area contributed by atoms with E-state index in [1.165, 1.54) is 0 Å². The number of imidazole rings is 1. The van der Waals surface area contributed by atoms with Crippen molar-refractivity contribution in [1.29, 1.82) is 0 Å². The third-order valence-corrected chi connectivity index (χ3v) is 5.14. The van der Waals surface area contributed by atoms with Gasteiger partial charge < -0.3 is 20.4 Å². The largest absolute Gasteiger partial charge is 0.372 e. The van der Waals surface area contributed by atoms with Crippen LogP contribution in [0.2, 0.25) is 0 Å². The van der Waals surface area contributed by atoms with Crippen LogP contribution in [0.1, 0.15) is 30.8 Å². The Hall–Kier alpha value is -2.93. The molecule has 2 aliphatic rings. The third kappa shape index (κ3) is 3.50. The number of H-pyrrole nitrogens is 1. The molecule has 2 amide bonds. The molecule has 1 aromatic heterocycles. The van der Waals surface area contributed by atoms with Gasteiger partial charge in [0.2, 0.25) is 5.91 Å². The number of benzene rings is 1. The van der Waals surface area contributed by atoms with Gasteiger partial charge in [0.05, 0.1) is 30.4 Å². The molecule has 7 heteroatoms. The molecule has 27 heavy (non-hydrogen) atoms. The molecule has 3 N–H and O–H groups in total. The first kappa shape index (κ1) is 17.5. The molecule has 0 aliphatic carbocycles. The number of piperazine rings is 1. The molecule has 2 aromatic rings. The minimum Gasteiger partial charge on any atom is -0.372 e. The van der Waals surface area contributed by atoms with Gasteiger partial charge in [-0.15, -0.1) is 0 Å². The monoisotopic (exact) mass is 366 g/mol. The molecular weight excluding hydrogens is 344 g/mol. The first-order valence-corrected chi connectivity index (χ1v) is 8.98. The zero-order valence-corrected chi connectivity index (χ0v) is 15.3. The maximum Gasteiger partial charge on any atom is 0.268 e. The number of hydrogen-bond acceptors (Lipinski definition) is 4. The average Bonchev–Trinajstić information content (AvgIpc) is 3.40. The highest BCUT2D eigenvalue weighted by molar-refractivity contribution is 6.07. The first-order valence-electron chi connectivity index (χ1n) is 8.98. The van der Waals surface area contributed by atoms with Crippen molar-refractivity contribution in [2.75, 3.05) is 6.61 Å². The van der Waals surface area contributed by atoms with E-state index in [0.29, 0.717) is 18.7 Å². The molecule has 0 spiro atoms. The number of aromatic amines is 1. The van der Waals surface area contributed by atoms with Crippen molar-refractivity contribution in [1.82, 2.24) is 20.6 Å². The molecule has 2 atom stereocenters. The van der Waals surface area contributed by atoms with Crippen LogP contribution in [0.25, 0.3) is 6.08 Å². The van der Waals surface area contributed by atoms with Crippen molar-refractivity contribution in [3.63, 3.8) is 0 Å². The van der Waals surface area contributed by atoms with Gasteiger partial charge in [-0.1, -0.05) is 44.2 Å². The fourth-order valence-electron chi connectivity index (χ4n) is 3.37. The molecule has 1 aromatic carbocycles. The van der Waals surface area contributed by atoms with Crippen LogP contribution in [0.15, 0.2) is 42.4 Å². The van der Waals surface area contributed by atoms with Gasteiger partial charge in [-0.3, -0.25) is 9.59 Å². The minimum atomic E-state index is -0.591. The van der Waals surface area contributed by atoms with Gasteiger partial charge in [0.1, 0.15) is 11.7 Å². The summed E-state index contributed by atoms with van der Waals surface area (Å²) in [5.74, 6) is -0.545. The average molecular weight is 366 g/mol. The number of carbonyl (C=O) groups excluding carboxylic acids is 2. The fraction of sp³-hybridized carbons (Fsp3) is 0.350. The van der Waals surface area contributed by atoms with Crippen LogP contribution >= 0.6 is 0 Å². The van der Waals surface area contributed by atoms with Crippen LogP contribution in [-0.4, -0.2) is 40.5 Å². The summed E-state index contributed by atoms with van der Waals surface area (Å²) in [6.45, 7) is 4.84. The second-order valence-corrected chi connectivity index (χ2v) is 7.47.